The Bertz CT molecular complexity index is 989. The number of para-hydroxylation sites is 1. The molecule has 1 aliphatic heterocycles. The molecule has 0 spiro atoms. The third-order valence-electron chi connectivity index (χ3n) is 5.42. The monoisotopic (exact) mass is 361 g/mol. The molecule has 138 valence electrons. The van der Waals surface area contributed by atoms with Gasteiger partial charge in [0, 0.05) is 24.9 Å². The lowest BCUT2D eigenvalue weighted by Crippen LogP contribution is -2.38. The summed E-state index contributed by atoms with van der Waals surface area (Å²) in [6.45, 7) is 2.09. The highest BCUT2D eigenvalue weighted by atomic mass is 16.2. The Hall–Kier alpha value is -2.95. The van der Waals surface area contributed by atoms with Crippen LogP contribution in [-0.2, 0) is 11.3 Å². The number of fused-ring (bicyclic) bond motifs is 1. The highest BCUT2D eigenvalue weighted by Gasteiger charge is 2.23. The molecule has 1 aromatic heterocycles. The Morgan fingerprint density at radius 1 is 1.00 bits per heavy atom. The summed E-state index contributed by atoms with van der Waals surface area (Å²) in [5.41, 5.74) is 2.06. The molecule has 0 saturated carbocycles. The normalized spacial score (nSPS) is 15.2. The minimum atomic E-state index is -0.0869. The van der Waals surface area contributed by atoms with Gasteiger partial charge in [0.25, 0.3) is 0 Å². The summed E-state index contributed by atoms with van der Waals surface area (Å²) in [7, 11) is 0. The highest BCUT2D eigenvalue weighted by Crippen LogP contribution is 2.28. The molecule has 0 unspecified atom stereocenters. The number of piperidine rings is 1. The van der Waals surface area contributed by atoms with E-state index in [0.29, 0.717) is 24.3 Å². The third-order valence-corrected chi connectivity index (χ3v) is 5.42. The van der Waals surface area contributed by atoms with Crippen LogP contribution in [0.5, 0.6) is 0 Å². The number of nitrogens with zero attached hydrogens (tertiary/aromatic N) is 3. The largest absolute Gasteiger partial charge is 0.343 e. The van der Waals surface area contributed by atoms with Crippen molar-refractivity contribution in [3.05, 3.63) is 76.6 Å². The topological polar surface area (TPSA) is 55.2 Å². The standard InChI is InChI=1S/C22H23N3O2/c26-21-16-23-25(20-9-5-4-8-19(20)21)15-12-22(27)24-13-10-18(11-14-24)17-6-2-1-3-7-17/h1-9,16,18H,10-15H2. The average Bonchev–Trinajstić information content (AvgIpc) is 2.74. The van der Waals surface area contributed by atoms with Crippen LogP contribution in [0.25, 0.3) is 10.9 Å². The molecule has 1 fully saturated rings. The second-order valence-corrected chi connectivity index (χ2v) is 7.06. The number of likely N-dealkylation sites (tertiary alicyclic amines) is 1. The number of rotatable bonds is 4. The van der Waals surface area contributed by atoms with Crippen LogP contribution in [0.1, 0.15) is 30.7 Å². The molecule has 1 amide bonds. The van der Waals surface area contributed by atoms with E-state index in [1.54, 1.807) is 10.7 Å². The minimum Gasteiger partial charge on any atom is -0.343 e. The van der Waals surface area contributed by atoms with Crippen LogP contribution in [0.4, 0.5) is 0 Å². The first-order valence-electron chi connectivity index (χ1n) is 9.50. The van der Waals surface area contributed by atoms with E-state index in [9.17, 15) is 9.59 Å². The SMILES string of the molecule is O=C(CCn1ncc(=O)c2ccccc21)N1CCC(c2ccccc2)CC1. The first-order valence-corrected chi connectivity index (χ1v) is 9.50. The number of aromatic nitrogens is 2. The van der Waals surface area contributed by atoms with Gasteiger partial charge in [0.15, 0.2) is 0 Å². The van der Waals surface area contributed by atoms with Crippen LogP contribution in [-0.4, -0.2) is 33.7 Å². The van der Waals surface area contributed by atoms with E-state index in [2.05, 4.69) is 29.4 Å². The van der Waals surface area contributed by atoms with Gasteiger partial charge < -0.3 is 4.90 Å². The molecule has 5 heteroatoms. The average molecular weight is 361 g/mol. The zero-order valence-electron chi connectivity index (χ0n) is 15.3. The van der Waals surface area contributed by atoms with Gasteiger partial charge in [-0.2, -0.15) is 5.10 Å². The van der Waals surface area contributed by atoms with Crippen molar-refractivity contribution in [2.24, 2.45) is 0 Å². The Morgan fingerprint density at radius 3 is 2.48 bits per heavy atom. The molecule has 3 aromatic rings. The molecule has 27 heavy (non-hydrogen) atoms. The van der Waals surface area contributed by atoms with Gasteiger partial charge in [-0.1, -0.05) is 42.5 Å². The minimum absolute atomic E-state index is 0.0869. The zero-order chi connectivity index (χ0) is 18.6. The lowest BCUT2D eigenvalue weighted by Gasteiger charge is -2.32. The maximum atomic E-state index is 12.6. The predicted octanol–water partition coefficient (Wildman–Crippen LogP) is 3.19. The van der Waals surface area contributed by atoms with E-state index in [1.807, 2.05) is 29.2 Å². The van der Waals surface area contributed by atoms with Crippen molar-refractivity contribution in [1.82, 2.24) is 14.7 Å². The van der Waals surface area contributed by atoms with E-state index >= 15 is 0 Å². The van der Waals surface area contributed by atoms with Crippen LogP contribution < -0.4 is 5.43 Å². The van der Waals surface area contributed by atoms with Gasteiger partial charge in [0.1, 0.15) is 0 Å². The van der Waals surface area contributed by atoms with E-state index in [0.717, 1.165) is 31.4 Å². The van der Waals surface area contributed by atoms with Gasteiger partial charge >= 0.3 is 0 Å². The molecular formula is C22H23N3O2. The van der Waals surface area contributed by atoms with E-state index in [4.69, 9.17) is 0 Å². The third kappa shape index (κ3) is 3.77. The molecule has 0 radical (unpaired) electrons. The predicted molar refractivity (Wildman–Crippen MR) is 106 cm³/mol. The van der Waals surface area contributed by atoms with Crippen LogP contribution in [0.2, 0.25) is 0 Å². The fourth-order valence-electron chi connectivity index (χ4n) is 3.89. The summed E-state index contributed by atoms with van der Waals surface area (Å²) in [6.07, 6.45) is 3.75. The van der Waals surface area contributed by atoms with Gasteiger partial charge in [0.05, 0.1) is 18.3 Å². The quantitative estimate of drug-likeness (QED) is 0.717. The van der Waals surface area contributed by atoms with E-state index < -0.39 is 0 Å². The molecule has 0 bridgehead atoms. The van der Waals surface area contributed by atoms with Crippen molar-refractivity contribution in [1.29, 1.82) is 0 Å². The second-order valence-electron chi connectivity index (χ2n) is 7.06. The smallest absolute Gasteiger partial charge is 0.224 e. The fourth-order valence-corrected chi connectivity index (χ4v) is 3.89. The Labute approximate surface area is 158 Å². The molecule has 0 N–H and O–H groups in total. The van der Waals surface area contributed by atoms with Gasteiger partial charge in [-0.15, -0.1) is 0 Å². The van der Waals surface area contributed by atoms with Crippen molar-refractivity contribution in [2.45, 2.75) is 31.7 Å². The zero-order valence-corrected chi connectivity index (χ0v) is 15.3. The van der Waals surface area contributed by atoms with Crippen LogP contribution in [0, 0.1) is 0 Å². The van der Waals surface area contributed by atoms with Crippen molar-refractivity contribution >= 4 is 16.8 Å². The molecule has 2 aromatic carbocycles. The molecule has 4 rings (SSSR count). The summed E-state index contributed by atoms with van der Waals surface area (Å²) < 4.78 is 1.76. The lowest BCUT2D eigenvalue weighted by atomic mass is 9.89. The summed E-state index contributed by atoms with van der Waals surface area (Å²) in [5.74, 6) is 0.700. The number of hydrogen-bond donors (Lipinski definition) is 0. The summed E-state index contributed by atoms with van der Waals surface area (Å²) in [6, 6.07) is 17.9. The fraction of sp³-hybridized carbons (Fsp3) is 0.318. The number of benzene rings is 2. The Kier molecular flexibility index (Phi) is 5.01. The van der Waals surface area contributed by atoms with Crippen LogP contribution in [0.15, 0.2) is 65.6 Å². The Balaban J connectivity index is 1.37. The number of carbonyl (C=O) groups excluding carboxylic acids is 1. The molecule has 1 aliphatic rings. The maximum absolute atomic E-state index is 12.6. The molecule has 1 saturated heterocycles. The van der Waals surface area contributed by atoms with Crippen LogP contribution >= 0.6 is 0 Å². The Morgan fingerprint density at radius 2 is 1.70 bits per heavy atom. The van der Waals surface area contributed by atoms with Gasteiger partial charge in [-0.05, 0) is 36.5 Å². The number of hydrogen-bond acceptors (Lipinski definition) is 3. The van der Waals surface area contributed by atoms with Gasteiger partial charge in [-0.25, -0.2) is 0 Å². The molecule has 5 nitrogen and oxygen atoms in total. The molecular weight excluding hydrogens is 338 g/mol. The first kappa shape index (κ1) is 17.5. The summed E-state index contributed by atoms with van der Waals surface area (Å²) in [4.78, 5) is 26.5. The number of aryl methyl sites for hydroxylation is 1. The van der Waals surface area contributed by atoms with Crippen molar-refractivity contribution in [2.75, 3.05) is 13.1 Å². The first-order chi connectivity index (χ1) is 13.2. The maximum Gasteiger partial charge on any atom is 0.224 e. The van der Waals surface area contributed by atoms with Crippen molar-refractivity contribution in [3.63, 3.8) is 0 Å². The molecule has 0 aliphatic carbocycles. The second kappa shape index (κ2) is 7.74. The van der Waals surface area contributed by atoms with E-state index in [-0.39, 0.29) is 11.3 Å². The van der Waals surface area contributed by atoms with E-state index in [1.165, 1.54) is 11.8 Å². The van der Waals surface area contributed by atoms with Crippen molar-refractivity contribution < 1.29 is 4.79 Å². The van der Waals surface area contributed by atoms with Crippen LogP contribution in [0.3, 0.4) is 0 Å². The molecule has 2 heterocycles. The van der Waals surface area contributed by atoms with Gasteiger partial charge in [-0.3, -0.25) is 14.3 Å². The number of carbonyl (C=O) groups is 1. The highest BCUT2D eigenvalue weighted by molar-refractivity contribution is 5.79. The summed E-state index contributed by atoms with van der Waals surface area (Å²) in [5, 5.41) is 4.85. The van der Waals surface area contributed by atoms with Crippen molar-refractivity contribution in [3.8, 4) is 0 Å². The lowest BCUT2D eigenvalue weighted by molar-refractivity contribution is -0.132. The molecule has 0 atom stereocenters. The van der Waals surface area contributed by atoms with Gasteiger partial charge in [0.2, 0.25) is 11.3 Å². The summed E-state index contributed by atoms with van der Waals surface area (Å²) >= 11 is 0. The number of amides is 1.